The van der Waals surface area contributed by atoms with Crippen LogP contribution in [0.3, 0.4) is 0 Å². The van der Waals surface area contributed by atoms with Crippen molar-refractivity contribution in [2.75, 3.05) is 0 Å². The largest absolute Gasteiger partial charge is 3.00 e. The fourth-order valence-corrected chi connectivity index (χ4v) is 6.58. The van der Waals surface area contributed by atoms with Crippen LogP contribution in [-0.2, 0) is 54.3 Å². The molecular formula is C41H49Cl2Zr. The Hall–Kier alpha value is -1.66. The Balaban J connectivity index is 0.00000225. The monoisotopic (exact) mass is 701 g/mol. The Morgan fingerprint density at radius 2 is 0.886 bits per heavy atom. The van der Waals surface area contributed by atoms with E-state index < -0.39 is 0 Å². The molecule has 0 amide bonds. The molecule has 44 heavy (non-hydrogen) atoms. The molecule has 4 aromatic carbocycles. The SMILES string of the molecule is CC(C)(C)c1cc2c([c-]c1-c1ccccc1C(C)(C)C)Cc1cc(-c3ccccc3C(C)(C)C)c(C(C)(C)C)cc1-2.[Cl-].[Cl-].[Zr+3]. The molecule has 231 valence electrons. The van der Waals surface area contributed by atoms with Gasteiger partial charge in [-0.2, -0.15) is 0 Å². The molecule has 0 aliphatic heterocycles. The smallest absolute Gasteiger partial charge is 1.00 e. The minimum Gasteiger partial charge on any atom is -1.00 e. The maximum absolute atomic E-state index is 4.03. The molecular weight excluding hydrogens is 655 g/mol. The summed E-state index contributed by atoms with van der Waals surface area (Å²) in [6, 6.07) is 29.5. The third-order valence-electron chi connectivity index (χ3n) is 8.71. The van der Waals surface area contributed by atoms with Gasteiger partial charge < -0.3 is 24.8 Å². The summed E-state index contributed by atoms with van der Waals surface area (Å²) < 4.78 is 0. The molecule has 0 N–H and O–H groups in total. The molecule has 1 radical (unpaired) electrons. The third kappa shape index (κ3) is 7.32. The molecule has 1 aliphatic rings. The minimum absolute atomic E-state index is 0. The van der Waals surface area contributed by atoms with Gasteiger partial charge in [0.15, 0.2) is 0 Å². The Morgan fingerprint density at radius 1 is 0.455 bits per heavy atom. The van der Waals surface area contributed by atoms with Crippen molar-refractivity contribution >= 4 is 0 Å². The Labute approximate surface area is 299 Å². The van der Waals surface area contributed by atoms with E-state index in [2.05, 4.69) is 156 Å². The van der Waals surface area contributed by atoms with Crippen LogP contribution >= 0.6 is 0 Å². The van der Waals surface area contributed by atoms with Crippen molar-refractivity contribution in [3.8, 4) is 33.4 Å². The van der Waals surface area contributed by atoms with E-state index in [0.717, 1.165) is 6.42 Å². The van der Waals surface area contributed by atoms with Crippen molar-refractivity contribution in [3.63, 3.8) is 0 Å². The van der Waals surface area contributed by atoms with Gasteiger partial charge >= 0.3 is 26.2 Å². The van der Waals surface area contributed by atoms with Crippen molar-refractivity contribution in [3.05, 3.63) is 106 Å². The summed E-state index contributed by atoms with van der Waals surface area (Å²) in [4.78, 5) is 0. The second-order valence-corrected chi connectivity index (χ2v) is 16.3. The average molecular weight is 704 g/mol. The van der Waals surface area contributed by atoms with Crippen LogP contribution in [0.1, 0.15) is 116 Å². The Kier molecular flexibility index (Phi) is 11.6. The molecule has 5 rings (SSSR count). The topological polar surface area (TPSA) is 0 Å². The molecule has 0 nitrogen and oxygen atoms in total. The maximum Gasteiger partial charge on any atom is 3.00 e. The molecule has 0 unspecified atom stereocenters. The fourth-order valence-electron chi connectivity index (χ4n) is 6.58. The van der Waals surface area contributed by atoms with E-state index in [0.29, 0.717) is 0 Å². The average Bonchev–Trinajstić information content (AvgIpc) is 3.22. The van der Waals surface area contributed by atoms with Gasteiger partial charge in [0.25, 0.3) is 0 Å². The summed E-state index contributed by atoms with van der Waals surface area (Å²) in [5.41, 5.74) is 16.5. The number of hydrogen-bond donors (Lipinski definition) is 0. The van der Waals surface area contributed by atoms with Gasteiger partial charge in [0, 0.05) is 0 Å². The summed E-state index contributed by atoms with van der Waals surface area (Å²) in [7, 11) is 0. The Bertz CT molecular complexity index is 1510. The van der Waals surface area contributed by atoms with E-state index in [1.807, 2.05) is 0 Å². The van der Waals surface area contributed by atoms with Gasteiger partial charge in [-0.05, 0) is 55.9 Å². The van der Waals surface area contributed by atoms with E-state index in [-0.39, 0.29) is 72.7 Å². The zero-order valence-electron chi connectivity index (χ0n) is 28.8. The van der Waals surface area contributed by atoms with Crippen molar-refractivity contribution in [1.82, 2.24) is 0 Å². The van der Waals surface area contributed by atoms with Gasteiger partial charge in [-0.15, -0.1) is 28.8 Å². The second kappa shape index (κ2) is 13.2. The first-order valence-electron chi connectivity index (χ1n) is 15.3. The first kappa shape index (κ1) is 38.5. The maximum atomic E-state index is 4.03. The van der Waals surface area contributed by atoms with Crippen LogP contribution < -0.4 is 24.8 Å². The van der Waals surface area contributed by atoms with Crippen molar-refractivity contribution < 1.29 is 51.0 Å². The zero-order valence-corrected chi connectivity index (χ0v) is 32.8. The first-order valence-corrected chi connectivity index (χ1v) is 15.3. The second-order valence-electron chi connectivity index (χ2n) is 16.3. The normalized spacial score (nSPS) is 12.8. The summed E-state index contributed by atoms with van der Waals surface area (Å²) in [5, 5.41) is 0. The molecule has 0 bridgehead atoms. The molecule has 1 aliphatic carbocycles. The van der Waals surface area contributed by atoms with Crippen LogP contribution in [0.4, 0.5) is 0 Å². The molecule has 0 aromatic heterocycles. The molecule has 0 spiro atoms. The standard InChI is InChI=1S/C41H49.2ClH.Zr/c1-38(2,3)34-19-15-13-17-28(34)32-22-26-21-27-23-33(29-18-14-16-20-35(29)39(4,5)6)37(41(10,11)12)25-31(27)30(26)24-36(32)40(7,8)9;;;/h13-20,22,24-25H,21H2,1-12H3;2*1H;/q-1;;;+3/p-2. The molecule has 3 heteroatoms. The van der Waals surface area contributed by atoms with E-state index >= 15 is 0 Å². The fraction of sp³-hybridized carbons (Fsp3) is 0.415. The summed E-state index contributed by atoms with van der Waals surface area (Å²) in [5.74, 6) is 0. The molecule has 0 fully saturated rings. The summed E-state index contributed by atoms with van der Waals surface area (Å²) in [6.07, 6.45) is 0.925. The van der Waals surface area contributed by atoms with Gasteiger partial charge in [-0.1, -0.05) is 166 Å². The van der Waals surface area contributed by atoms with Crippen LogP contribution in [0.5, 0.6) is 0 Å². The first-order chi connectivity index (χ1) is 18.9. The van der Waals surface area contributed by atoms with Gasteiger partial charge in [-0.3, -0.25) is 0 Å². The van der Waals surface area contributed by atoms with Gasteiger partial charge in [0.05, 0.1) is 0 Å². The number of benzene rings is 4. The predicted octanol–water partition coefficient (Wildman–Crippen LogP) is 5.59. The molecule has 0 atom stereocenters. The number of fused-ring (bicyclic) bond motifs is 3. The van der Waals surface area contributed by atoms with Crippen LogP contribution in [0.25, 0.3) is 33.4 Å². The number of hydrogen-bond acceptors (Lipinski definition) is 0. The van der Waals surface area contributed by atoms with Gasteiger partial charge in [0.1, 0.15) is 0 Å². The number of halogens is 2. The van der Waals surface area contributed by atoms with Crippen LogP contribution in [-0.4, -0.2) is 0 Å². The van der Waals surface area contributed by atoms with Crippen molar-refractivity contribution in [1.29, 1.82) is 0 Å². The predicted molar refractivity (Wildman–Crippen MR) is 179 cm³/mol. The minimum atomic E-state index is -0.00689. The van der Waals surface area contributed by atoms with Gasteiger partial charge in [-0.25, -0.2) is 0 Å². The van der Waals surface area contributed by atoms with E-state index in [1.54, 1.807) is 0 Å². The summed E-state index contributed by atoms with van der Waals surface area (Å²) in [6.45, 7) is 28.0. The Morgan fingerprint density at radius 3 is 1.39 bits per heavy atom. The number of rotatable bonds is 2. The van der Waals surface area contributed by atoms with E-state index in [1.165, 1.54) is 66.8 Å². The van der Waals surface area contributed by atoms with Crippen molar-refractivity contribution in [2.24, 2.45) is 0 Å². The van der Waals surface area contributed by atoms with E-state index in [4.69, 9.17) is 0 Å². The van der Waals surface area contributed by atoms with Gasteiger partial charge in [0.2, 0.25) is 0 Å². The molecule has 0 saturated heterocycles. The van der Waals surface area contributed by atoms with Crippen molar-refractivity contribution in [2.45, 2.75) is 111 Å². The third-order valence-corrected chi connectivity index (χ3v) is 8.71. The van der Waals surface area contributed by atoms with Crippen LogP contribution in [0.15, 0.2) is 66.7 Å². The van der Waals surface area contributed by atoms with Crippen LogP contribution in [0, 0.1) is 6.07 Å². The summed E-state index contributed by atoms with van der Waals surface area (Å²) >= 11 is 0. The van der Waals surface area contributed by atoms with E-state index in [9.17, 15) is 0 Å². The molecule has 4 aromatic rings. The van der Waals surface area contributed by atoms with Crippen LogP contribution in [0.2, 0.25) is 0 Å². The zero-order chi connectivity index (χ0) is 30.1. The molecule has 0 heterocycles. The quantitative estimate of drug-likeness (QED) is 0.211. The molecule has 0 saturated carbocycles.